The molecule has 1 aliphatic carbocycles. The molecule has 0 bridgehead atoms. The molecule has 4 N–H and O–H groups in total. The number of carbonyl (C=O) groups excluding carboxylic acids is 2. The van der Waals surface area contributed by atoms with E-state index < -0.39 is 18.0 Å². The van der Waals surface area contributed by atoms with Crippen LogP contribution in [-0.2, 0) is 14.4 Å². The summed E-state index contributed by atoms with van der Waals surface area (Å²) < 4.78 is 0. The molecule has 136 valence electrons. The first-order valence-electron chi connectivity index (χ1n) is 7.93. The predicted molar refractivity (Wildman–Crippen MR) is 89.9 cm³/mol. The Kier molecular flexibility index (Phi) is 11.0. The second-order valence-corrected chi connectivity index (χ2v) is 7.81. The Morgan fingerprint density at radius 1 is 1.40 bits per heavy atom. The number of allylic oxidation sites excluding steroid dienone is 1. The first-order chi connectivity index (χ1) is 11.1. The third-order valence-electron chi connectivity index (χ3n) is 4.01. The molecule has 1 aliphatic rings. The monoisotopic (exact) mass is 380 g/mol. The van der Waals surface area contributed by atoms with Gasteiger partial charge in [0.2, 0.25) is 5.91 Å². The van der Waals surface area contributed by atoms with Crippen LogP contribution in [0.15, 0.2) is 11.8 Å². The van der Waals surface area contributed by atoms with Crippen LogP contribution in [0.2, 0.25) is 0 Å². The summed E-state index contributed by atoms with van der Waals surface area (Å²) in [6.45, 7) is 3.93. The largest absolute Gasteiger partial charge is 1.00 e. The Morgan fingerprint density at radius 2 is 2.00 bits per heavy atom. The standard InChI is InChI=1S/C16H26N2O5S.Na/c1-16(2)8-10(16)13(19)18-12(15(22)23)6-4-3-5-7-24-9-11(17)14(20)21;/h6,10-11H,3-5,7-9,17H2,1-2H3,(H,18,19)(H,20,21)(H,22,23);/q;+1/p-1/b12-6+;/t10-,11+;/m1./s1. The zero-order chi connectivity index (χ0) is 18.3. The number of aliphatic carboxylic acids is 2. The fraction of sp³-hybridized carbons (Fsp3) is 0.688. The average molecular weight is 380 g/mol. The Morgan fingerprint density at radius 3 is 2.48 bits per heavy atom. The maximum Gasteiger partial charge on any atom is 1.00 e. The van der Waals surface area contributed by atoms with Gasteiger partial charge in [-0.15, -0.1) is 0 Å². The van der Waals surface area contributed by atoms with Crippen LogP contribution in [0, 0.1) is 11.3 Å². The van der Waals surface area contributed by atoms with Crippen LogP contribution in [0.25, 0.3) is 0 Å². The zero-order valence-corrected chi connectivity index (χ0v) is 17.9. The van der Waals surface area contributed by atoms with Crippen molar-refractivity contribution in [2.24, 2.45) is 17.1 Å². The van der Waals surface area contributed by atoms with E-state index in [1.165, 1.54) is 17.8 Å². The first-order valence-corrected chi connectivity index (χ1v) is 9.09. The molecule has 9 heteroatoms. The molecule has 0 radical (unpaired) electrons. The minimum atomic E-state index is -1.39. The van der Waals surface area contributed by atoms with Gasteiger partial charge in [-0.05, 0) is 36.9 Å². The Hall–Kier alpha value is -0.540. The van der Waals surface area contributed by atoms with Gasteiger partial charge in [0.05, 0.1) is 11.7 Å². The molecule has 0 unspecified atom stereocenters. The number of carbonyl (C=O) groups is 3. The van der Waals surface area contributed by atoms with Gasteiger partial charge < -0.3 is 26.1 Å². The topological polar surface area (TPSA) is 133 Å². The SMILES string of the molecule is CC1(C)C[C@@H]1C(=O)N/C(=C/CCCCSC[C@H](N)C(=O)O)C(=O)[O-].[Na+]. The number of nitrogens with two attached hydrogens (primary N) is 1. The number of amides is 1. The van der Waals surface area contributed by atoms with Crippen molar-refractivity contribution in [3.8, 4) is 0 Å². The average Bonchev–Trinajstić information content (AvgIpc) is 3.13. The number of unbranched alkanes of at least 4 members (excludes halogenated alkanes) is 2. The van der Waals surface area contributed by atoms with Gasteiger partial charge in [0.25, 0.3) is 0 Å². The third kappa shape index (κ3) is 9.10. The number of carboxylic acids is 2. The molecule has 7 nitrogen and oxygen atoms in total. The molecule has 0 aromatic heterocycles. The van der Waals surface area contributed by atoms with E-state index in [1.807, 2.05) is 13.8 Å². The van der Waals surface area contributed by atoms with Gasteiger partial charge >= 0.3 is 35.5 Å². The molecule has 0 spiro atoms. The number of hydrogen-bond acceptors (Lipinski definition) is 6. The van der Waals surface area contributed by atoms with Crippen LogP contribution >= 0.6 is 11.8 Å². The van der Waals surface area contributed by atoms with Crippen molar-refractivity contribution in [1.82, 2.24) is 5.32 Å². The number of carboxylic acid groups (broad SMARTS) is 2. The van der Waals surface area contributed by atoms with Gasteiger partial charge in [-0.2, -0.15) is 11.8 Å². The molecular formula is C16H25N2NaO5S. The normalized spacial score (nSPS) is 19.5. The van der Waals surface area contributed by atoms with Crippen LogP contribution in [0.5, 0.6) is 0 Å². The van der Waals surface area contributed by atoms with Crippen molar-refractivity contribution in [1.29, 1.82) is 0 Å². The predicted octanol–water partition coefficient (Wildman–Crippen LogP) is -2.90. The van der Waals surface area contributed by atoms with Gasteiger partial charge in [0, 0.05) is 11.7 Å². The number of hydrogen-bond donors (Lipinski definition) is 3. The quantitative estimate of drug-likeness (QED) is 0.199. The van der Waals surface area contributed by atoms with E-state index >= 15 is 0 Å². The maximum atomic E-state index is 11.9. The number of rotatable bonds is 11. The fourth-order valence-corrected chi connectivity index (χ4v) is 3.17. The molecule has 0 saturated heterocycles. The van der Waals surface area contributed by atoms with Crippen molar-refractivity contribution in [2.45, 2.75) is 45.6 Å². The molecule has 0 aromatic carbocycles. The summed E-state index contributed by atoms with van der Waals surface area (Å²) in [5, 5.41) is 22.2. The Bertz CT molecular complexity index is 525. The maximum absolute atomic E-state index is 11.9. The van der Waals surface area contributed by atoms with Gasteiger partial charge in [-0.3, -0.25) is 9.59 Å². The summed E-state index contributed by atoms with van der Waals surface area (Å²) in [7, 11) is 0. The molecule has 1 saturated carbocycles. The molecule has 0 aromatic rings. The number of thioether (sulfide) groups is 1. The zero-order valence-electron chi connectivity index (χ0n) is 15.0. The molecule has 1 amide bonds. The van der Waals surface area contributed by atoms with Gasteiger partial charge in [-0.1, -0.05) is 19.9 Å². The van der Waals surface area contributed by atoms with Gasteiger partial charge in [0.15, 0.2) is 0 Å². The summed E-state index contributed by atoms with van der Waals surface area (Å²) >= 11 is 1.45. The minimum absolute atomic E-state index is 0. The summed E-state index contributed by atoms with van der Waals surface area (Å²) in [5.41, 5.74) is 5.15. The molecular weight excluding hydrogens is 355 g/mol. The van der Waals surface area contributed by atoms with Crippen molar-refractivity contribution in [3.63, 3.8) is 0 Å². The third-order valence-corrected chi connectivity index (χ3v) is 5.19. The molecule has 2 atom stereocenters. The van der Waals surface area contributed by atoms with Gasteiger partial charge in [0.1, 0.15) is 6.04 Å². The van der Waals surface area contributed by atoms with Crippen LogP contribution < -0.4 is 45.7 Å². The molecule has 0 heterocycles. The Labute approximate surface area is 174 Å². The van der Waals surface area contributed by atoms with E-state index in [2.05, 4.69) is 5.32 Å². The molecule has 1 rings (SSSR count). The summed E-state index contributed by atoms with van der Waals surface area (Å²) in [5.74, 6) is -1.72. The molecule has 1 fully saturated rings. The smallest absolute Gasteiger partial charge is 0.543 e. The van der Waals surface area contributed by atoms with E-state index in [4.69, 9.17) is 10.8 Å². The summed E-state index contributed by atoms with van der Waals surface area (Å²) in [4.78, 5) is 33.5. The van der Waals surface area contributed by atoms with E-state index in [1.54, 1.807) is 0 Å². The van der Waals surface area contributed by atoms with Gasteiger partial charge in [-0.25, -0.2) is 0 Å². The van der Waals surface area contributed by atoms with Crippen molar-refractivity contribution < 1.29 is 54.2 Å². The summed E-state index contributed by atoms with van der Waals surface area (Å²) in [6, 6.07) is -0.860. The van der Waals surface area contributed by atoms with E-state index in [0.717, 1.165) is 25.0 Å². The van der Waals surface area contributed by atoms with Crippen LogP contribution in [0.3, 0.4) is 0 Å². The van der Waals surface area contributed by atoms with Crippen LogP contribution in [0.4, 0.5) is 0 Å². The van der Waals surface area contributed by atoms with E-state index in [0.29, 0.717) is 12.2 Å². The van der Waals surface area contributed by atoms with Crippen LogP contribution in [0.1, 0.15) is 39.5 Å². The van der Waals surface area contributed by atoms with Crippen LogP contribution in [-0.4, -0.2) is 40.5 Å². The van der Waals surface area contributed by atoms with E-state index in [9.17, 15) is 19.5 Å². The van der Waals surface area contributed by atoms with E-state index in [-0.39, 0.29) is 52.5 Å². The summed E-state index contributed by atoms with van der Waals surface area (Å²) in [6.07, 6.45) is 4.27. The molecule has 25 heavy (non-hydrogen) atoms. The second-order valence-electron chi connectivity index (χ2n) is 6.66. The Balaban J connectivity index is 0.00000576. The number of nitrogens with one attached hydrogen (secondary N) is 1. The second kappa shape index (κ2) is 11.2. The van der Waals surface area contributed by atoms with Crippen molar-refractivity contribution >= 4 is 29.6 Å². The van der Waals surface area contributed by atoms with Crippen molar-refractivity contribution in [3.05, 3.63) is 11.8 Å². The first kappa shape index (κ1) is 24.5. The minimum Gasteiger partial charge on any atom is -0.543 e. The fourth-order valence-electron chi connectivity index (χ4n) is 2.20. The molecule has 0 aliphatic heterocycles. The van der Waals surface area contributed by atoms with Crippen molar-refractivity contribution in [2.75, 3.05) is 11.5 Å².